The monoisotopic (exact) mass is 327 g/mol. The van der Waals surface area contributed by atoms with Crippen LogP contribution in [0, 0.1) is 0 Å². The van der Waals surface area contributed by atoms with Crippen molar-refractivity contribution in [3.8, 4) is 0 Å². The summed E-state index contributed by atoms with van der Waals surface area (Å²) < 4.78 is 0. The molecule has 0 spiro atoms. The molecule has 4 nitrogen and oxygen atoms in total. The number of carbonyl (C=O) groups is 1. The Hall–Kier alpha value is -0.0300. The molecule has 1 rings (SSSR count). The third kappa shape index (κ3) is 9.81. The Morgan fingerprint density at radius 1 is 1.20 bits per heavy atom. The zero-order valence-electron chi connectivity index (χ0n) is 12.8. The molecule has 20 heavy (non-hydrogen) atoms. The maximum atomic E-state index is 11.5. The molecule has 6 heteroatoms. The van der Waals surface area contributed by atoms with Gasteiger partial charge in [-0.3, -0.25) is 4.79 Å². The number of likely N-dealkylation sites (tertiary alicyclic amines) is 1. The SMILES string of the molecule is CNCCCC(=O)NCCCN1CCCCC1C.Cl.Cl. The van der Waals surface area contributed by atoms with E-state index in [2.05, 4.69) is 22.5 Å². The van der Waals surface area contributed by atoms with E-state index in [1.165, 1.54) is 25.8 Å². The van der Waals surface area contributed by atoms with E-state index < -0.39 is 0 Å². The molecular formula is C14H31Cl2N3O. The molecule has 2 N–H and O–H groups in total. The van der Waals surface area contributed by atoms with Crippen molar-refractivity contribution in [2.45, 2.75) is 51.5 Å². The molecule has 0 aromatic heterocycles. The van der Waals surface area contributed by atoms with Gasteiger partial charge in [-0.05, 0) is 52.7 Å². The first-order valence-electron chi connectivity index (χ1n) is 7.39. The maximum absolute atomic E-state index is 11.5. The smallest absolute Gasteiger partial charge is 0.220 e. The standard InChI is InChI=1S/C14H29N3O.2ClH/c1-13-7-3-4-11-17(13)12-6-10-16-14(18)8-5-9-15-2;;/h13,15H,3-12H2,1-2H3,(H,16,18);2*1H. The van der Waals surface area contributed by atoms with Crippen LogP contribution >= 0.6 is 24.8 Å². The van der Waals surface area contributed by atoms with Crippen molar-refractivity contribution >= 4 is 30.7 Å². The minimum Gasteiger partial charge on any atom is -0.356 e. The van der Waals surface area contributed by atoms with Crippen molar-refractivity contribution < 1.29 is 4.79 Å². The van der Waals surface area contributed by atoms with E-state index in [9.17, 15) is 4.79 Å². The predicted molar refractivity (Wildman–Crippen MR) is 90.2 cm³/mol. The van der Waals surface area contributed by atoms with Crippen LogP contribution in [-0.4, -0.2) is 50.1 Å². The van der Waals surface area contributed by atoms with Gasteiger partial charge in [0.25, 0.3) is 0 Å². The first-order chi connectivity index (χ1) is 8.74. The fourth-order valence-corrected chi connectivity index (χ4v) is 2.51. The van der Waals surface area contributed by atoms with Gasteiger partial charge in [-0.25, -0.2) is 0 Å². The molecule has 0 bridgehead atoms. The summed E-state index contributed by atoms with van der Waals surface area (Å²) >= 11 is 0. The summed E-state index contributed by atoms with van der Waals surface area (Å²) in [7, 11) is 1.91. The second-order valence-corrected chi connectivity index (χ2v) is 5.29. The van der Waals surface area contributed by atoms with E-state index in [1.807, 2.05) is 7.05 Å². The molecule has 1 aliphatic heterocycles. The van der Waals surface area contributed by atoms with Crippen LogP contribution < -0.4 is 10.6 Å². The maximum Gasteiger partial charge on any atom is 0.220 e. The van der Waals surface area contributed by atoms with Crippen LogP contribution in [0.5, 0.6) is 0 Å². The summed E-state index contributed by atoms with van der Waals surface area (Å²) in [5.74, 6) is 0.192. The summed E-state index contributed by atoms with van der Waals surface area (Å²) in [5.41, 5.74) is 0. The number of nitrogens with zero attached hydrogens (tertiary/aromatic N) is 1. The summed E-state index contributed by atoms with van der Waals surface area (Å²) in [6.07, 6.45) is 6.67. The van der Waals surface area contributed by atoms with Crippen LogP contribution in [0.15, 0.2) is 0 Å². The predicted octanol–water partition coefficient (Wildman–Crippen LogP) is 2.21. The van der Waals surface area contributed by atoms with E-state index in [-0.39, 0.29) is 30.7 Å². The van der Waals surface area contributed by atoms with E-state index in [1.54, 1.807) is 0 Å². The molecule has 1 heterocycles. The molecule has 1 aliphatic rings. The number of piperidine rings is 1. The van der Waals surface area contributed by atoms with Crippen LogP contribution in [-0.2, 0) is 4.79 Å². The van der Waals surface area contributed by atoms with Crippen molar-refractivity contribution in [3.63, 3.8) is 0 Å². The molecule has 1 amide bonds. The molecule has 1 fully saturated rings. The zero-order chi connectivity index (χ0) is 13.2. The summed E-state index contributed by atoms with van der Waals surface area (Å²) in [6, 6.07) is 0.727. The highest BCUT2D eigenvalue weighted by Crippen LogP contribution is 2.15. The lowest BCUT2D eigenvalue weighted by molar-refractivity contribution is -0.121. The van der Waals surface area contributed by atoms with Crippen LogP contribution in [0.25, 0.3) is 0 Å². The van der Waals surface area contributed by atoms with Crippen molar-refractivity contribution in [1.29, 1.82) is 0 Å². The Morgan fingerprint density at radius 2 is 1.95 bits per heavy atom. The molecule has 0 radical (unpaired) electrons. The molecule has 1 atom stereocenters. The number of rotatable bonds is 8. The Balaban J connectivity index is 0. The highest BCUT2D eigenvalue weighted by Gasteiger charge is 2.17. The van der Waals surface area contributed by atoms with Crippen LogP contribution in [0.2, 0.25) is 0 Å². The van der Waals surface area contributed by atoms with Crippen LogP contribution in [0.1, 0.15) is 45.4 Å². The quantitative estimate of drug-likeness (QED) is 0.672. The number of nitrogens with one attached hydrogen (secondary N) is 2. The average molecular weight is 328 g/mol. The minimum absolute atomic E-state index is 0. The molecule has 0 aromatic rings. The van der Waals surface area contributed by atoms with Gasteiger partial charge in [-0.2, -0.15) is 0 Å². The fourth-order valence-electron chi connectivity index (χ4n) is 2.51. The molecule has 0 aromatic carbocycles. The Kier molecular flexibility index (Phi) is 15.5. The summed E-state index contributed by atoms with van der Waals surface area (Å²) in [5, 5.41) is 6.05. The first kappa shape index (κ1) is 22.3. The van der Waals surface area contributed by atoms with Crippen molar-refractivity contribution in [1.82, 2.24) is 15.5 Å². The average Bonchev–Trinajstić information content (AvgIpc) is 2.37. The Bertz CT molecular complexity index is 242. The van der Waals surface area contributed by atoms with Gasteiger partial charge in [-0.1, -0.05) is 6.42 Å². The van der Waals surface area contributed by atoms with Crippen molar-refractivity contribution in [3.05, 3.63) is 0 Å². The van der Waals surface area contributed by atoms with Gasteiger partial charge < -0.3 is 15.5 Å². The lowest BCUT2D eigenvalue weighted by Gasteiger charge is -2.33. The lowest BCUT2D eigenvalue weighted by Crippen LogP contribution is -2.39. The van der Waals surface area contributed by atoms with E-state index in [0.29, 0.717) is 6.42 Å². The Labute approximate surface area is 136 Å². The number of hydrogen-bond donors (Lipinski definition) is 2. The van der Waals surface area contributed by atoms with Crippen molar-refractivity contribution in [2.24, 2.45) is 0 Å². The van der Waals surface area contributed by atoms with E-state index >= 15 is 0 Å². The van der Waals surface area contributed by atoms with Crippen molar-refractivity contribution in [2.75, 3.05) is 33.2 Å². The molecular weight excluding hydrogens is 297 g/mol. The minimum atomic E-state index is 0. The first-order valence-corrected chi connectivity index (χ1v) is 7.39. The van der Waals surface area contributed by atoms with E-state index in [4.69, 9.17) is 0 Å². The molecule has 1 saturated heterocycles. The van der Waals surface area contributed by atoms with Crippen LogP contribution in [0.4, 0.5) is 0 Å². The highest BCUT2D eigenvalue weighted by atomic mass is 35.5. The normalized spacial score (nSPS) is 18.8. The van der Waals surface area contributed by atoms with Gasteiger partial charge in [0.2, 0.25) is 5.91 Å². The summed E-state index contributed by atoms with van der Waals surface area (Å²) in [4.78, 5) is 14.0. The largest absolute Gasteiger partial charge is 0.356 e. The molecule has 122 valence electrons. The number of carbonyl (C=O) groups excluding carboxylic acids is 1. The second kappa shape index (κ2) is 13.9. The number of halogens is 2. The second-order valence-electron chi connectivity index (χ2n) is 5.29. The van der Waals surface area contributed by atoms with Gasteiger partial charge in [0.15, 0.2) is 0 Å². The zero-order valence-corrected chi connectivity index (χ0v) is 14.5. The summed E-state index contributed by atoms with van der Waals surface area (Å²) in [6.45, 7) is 6.41. The van der Waals surface area contributed by atoms with Gasteiger partial charge in [0.1, 0.15) is 0 Å². The number of amides is 1. The third-order valence-electron chi connectivity index (χ3n) is 3.72. The Morgan fingerprint density at radius 3 is 2.60 bits per heavy atom. The number of hydrogen-bond acceptors (Lipinski definition) is 3. The van der Waals surface area contributed by atoms with E-state index in [0.717, 1.165) is 38.5 Å². The van der Waals surface area contributed by atoms with Gasteiger partial charge in [0.05, 0.1) is 0 Å². The molecule has 0 aliphatic carbocycles. The molecule has 1 unspecified atom stereocenters. The lowest BCUT2D eigenvalue weighted by atomic mass is 10.0. The van der Waals surface area contributed by atoms with Crippen LogP contribution in [0.3, 0.4) is 0 Å². The molecule has 0 saturated carbocycles. The van der Waals surface area contributed by atoms with Gasteiger partial charge in [-0.15, -0.1) is 24.8 Å². The van der Waals surface area contributed by atoms with Gasteiger partial charge in [0, 0.05) is 25.6 Å². The fraction of sp³-hybridized carbons (Fsp3) is 0.929. The highest BCUT2D eigenvalue weighted by molar-refractivity contribution is 5.85. The topological polar surface area (TPSA) is 44.4 Å². The third-order valence-corrected chi connectivity index (χ3v) is 3.72. The van der Waals surface area contributed by atoms with Gasteiger partial charge >= 0.3 is 0 Å².